The Labute approximate surface area is 122 Å². The molecule has 1 nitrogen and oxygen atoms in total. The molecule has 0 radical (unpaired) electrons. The van der Waals surface area contributed by atoms with Crippen molar-refractivity contribution in [1.82, 2.24) is 4.98 Å². The van der Waals surface area contributed by atoms with Crippen LogP contribution >= 0.6 is 27.5 Å². The molecule has 0 saturated carbocycles. The molecule has 1 heterocycles. The standard InChI is InChI=1S/C15H17BrClN/c1-5-9-6-10(16)7-11-12(17)8-13(15(2,3)4)18-14(9)11/h6-8H,5H2,1-4H3. The fourth-order valence-electron chi connectivity index (χ4n) is 1.97. The Morgan fingerprint density at radius 2 is 1.89 bits per heavy atom. The molecule has 0 unspecified atom stereocenters. The van der Waals surface area contributed by atoms with Crippen LogP contribution in [0, 0.1) is 0 Å². The zero-order chi connectivity index (χ0) is 13.5. The second-order valence-electron chi connectivity index (χ2n) is 5.55. The van der Waals surface area contributed by atoms with E-state index in [1.165, 1.54) is 5.56 Å². The lowest BCUT2D eigenvalue weighted by Crippen LogP contribution is -2.13. The lowest BCUT2D eigenvalue weighted by atomic mass is 9.91. The summed E-state index contributed by atoms with van der Waals surface area (Å²) < 4.78 is 1.05. The minimum Gasteiger partial charge on any atom is -0.252 e. The summed E-state index contributed by atoms with van der Waals surface area (Å²) in [5.41, 5.74) is 3.30. The third-order valence-corrected chi connectivity index (χ3v) is 3.83. The second kappa shape index (κ2) is 4.82. The first-order valence-electron chi connectivity index (χ1n) is 6.12. The van der Waals surface area contributed by atoms with Crippen LogP contribution in [-0.2, 0) is 11.8 Å². The van der Waals surface area contributed by atoms with E-state index in [1.807, 2.05) is 12.1 Å². The largest absolute Gasteiger partial charge is 0.252 e. The number of hydrogen-bond donors (Lipinski definition) is 0. The number of nitrogens with zero attached hydrogens (tertiary/aromatic N) is 1. The molecular weight excluding hydrogens is 310 g/mol. The van der Waals surface area contributed by atoms with E-state index < -0.39 is 0 Å². The molecule has 0 saturated heterocycles. The highest BCUT2D eigenvalue weighted by Gasteiger charge is 2.18. The first-order valence-corrected chi connectivity index (χ1v) is 7.29. The fourth-order valence-corrected chi connectivity index (χ4v) is 2.73. The molecule has 0 atom stereocenters. The molecule has 0 N–H and O–H groups in total. The lowest BCUT2D eigenvalue weighted by Gasteiger charge is -2.19. The summed E-state index contributed by atoms with van der Waals surface area (Å²) in [4.78, 5) is 4.81. The van der Waals surface area contributed by atoms with E-state index >= 15 is 0 Å². The van der Waals surface area contributed by atoms with Crippen LogP contribution in [0.3, 0.4) is 0 Å². The van der Waals surface area contributed by atoms with Gasteiger partial charge in [0.1, 0.15) is 0 Å². The number of aromatic nitrogens is 1. The SMILES string of the molecule is CCc1cc(Br)cc2c(Cl)cc(C(C)(C)C)nc12. The van der Waals surface area contributed by atoms with E-state index in [0.29, 0.717) is 0 Å². The monoisotopic (exact) mass is 325 g/mol. The molecule has 0 aliphatic rings. The first kappa shape index (κ1) is 13.8. The van der Waals surface area contributed by atoms with Gasteiger partial charge in [0, 0.05) is 21.0 Å². The van der Waals surface area contributed by atoms with Gasteiger partial charge in [-0.2, -0.15) is 0 Å². The van der Waals surface area contributed by atoms with Crippen LogP contribution in [0.4, 0.5) is 0 Å². The molecule has 3 heteroatoms. The van der Waals surface area contributed by atoms with Gasteiger partial charge in [0.15, 0.2) is 0 Å². The number of fused-ring (bicyclic) bond motifs is 1. The van der Waals surface area contributed by atoms with Crippen LogP contribution in [0.1, 0.15) is 39.0 Å². The molecule has 96 valence electrons. The Hall–Kier alpha value is -0.600. The van der Waals surface area contributed by atoms with E-state index in [2.05, 4.69) is 49.7 Å². The van der Waals surface area contributed by atoms with E-state index in [0.717, 1.165) is 32.5 Å². The maximum Gasteiger partial charge on any atom is 0.0753 e. The molecule has 2 aromatic rings. The van der Waals surface area contributed by atoms with Crippen molar-refractivity contribution >= 4 is 38.4 Å². The number of pyridine rings is 1. The van der Waals surface area contributed by atoms with Crippen molar-refractivity contribution in [3.8, 4) is 0 Å². The maximum atomic E-state index is 6.41. The molecule has 0 aliphatic heterocycles. The highest BCUT2D eigenvalue weighted by molar-refractivity contribution is 9.10. The van der Waals surface area contributed by atoms with Crippen LogP contribution in [0.25, 0.3) is 10.9 Å². The normalized spacial score (nSPS) is 12.1. The maximum absolute atomic E-state index is 6.41. The first-order chi connectivity index (χ1) is 8.32. The van der Waals surface area contributed by atoms with Gasteiger partial charge >= 0.3 is 0 Å². The second-order valence-corrected chi connectivity index (χ2v) is 6.88. The van der Waals surface area contributed by atoms with Crippen molar-refractivity contribution in [3.63, 3.8) is 0 Å². The average molecular weight is 327 g/mol. The number of benzene rings is 1. The van der Waals surface area contributed by atoms with E-state index in [4.69, 9.17) is 16.6 Å². The van der Waals surface area contributed by atoms with Gasteiger partial charge in [-0.3, -0.25) is 4.98 Å². The highest BCUT2D eigenvalue weighted by atomic mass is 79.9. The summed E-state index contributed by atoms with van der Waals surface area (Å²) in [7, 11) is 0. The fraction of sp³-hybridized carbons (Fsp3) is 0.400. The quantitative estimate of drug-likeness (QED) is 0.673. The summed E-state index contributed by atoms with van der Waals surface area (Å²) in [5, 5.41) is 1.80. The molecule has 0 spiro atoms. The predicted octanol–water partition coefficient (Wildman–Crippen LogP) is 5.51. The van der Waals surface area contributed by atoms with Crippen LogP contribution < -0.4 is 0 Å². The predicted molar refractivity (Wildman–Crippen MR) is 82.5 cm³/mol. The third kappa shape index (κ3) is 2.55. The Morgan fingerprint density at radius 3 is 2.44 bits per heavy atom. The molecule has 18 heavy (non-hydrogen) atoms. The molecule has 0 amide bonds. The van der Waals surface area contributed by atoms with E-state index in [-0.39, 0.29) is 5.41 Å². The minimum absolute atomic E-state index is 0.00984. The zero-order valence-corrected chi connectivity index (χ0v) is 13.5. The number of halogens is 2. The van der Waals surface area contributed by atoms with Crippen molar-refractivity contribution in [2.75, 3.05) is 0 Å². The van der Waals surface area contributed by atoms with Crippen LogP contribution in [0.5, 0.6) is 0 Å². The molecule has 0 bridgehead atoms. The Kier molecular flexibility index (Phi) is 3.70. The van der Waals surface area contributed by atoms with Gasteiger partial charge in [-0.05, 0) is 30.2 Å². The molecule has 1 aromatic carbocycles. The van der Waals surface area contributed by atoms with Gasteiger partial charge in [0.2, 0.25) is 0 Å². The third-order valence-electron chi connectivity index (χ3n) is 3.06. The van der Waals surface area contributed by atoms with Crippen molar-refractivity contribution in [2.24, 2.45) is 0 Å². The number of rotatable bonds is 1. The van der Waals surface area contributed by atoms with Gasteiger partial charge in [-0.1, -0.05) is 55.2 Å². The van der Waals surface area contributed by atoms with Crippen LogP contribution in [0.2, 0.25) is 5.02 Å². The van der Waals surface area contributed by atoms with Crippen molar-refractivity contribution in [2.45, 2.75) is 39.5 Å². The number of aryl methyl sites for hydroxylation is 1. The van der Waals surface area contributed by atoms with Crippen LogP contribution in [-0.4, -0.2) is 4.98 Å². The van der Waals surface area contributed by atoms with Gasteiger partial charge in [-0.15, -0.1) is 0 Å². The van der Waals surface area contributed by atoms with Gasteiger partial charge < -0.3 is 0 Å². The van der Waals surface area contributed by atoms with Crippen molar-refractivity contribution in [1.29, 1.82) is 0 Å². The van der Waals surface area contributed by atoms with E-state index in [1.54, 1.807) is 0 Å². The summed E-state index contributed by atoms with van der Waals surface area (Å²) in [6, 6.07) is 6.14. The zero-order valence-electron chi connectivity index (χ0n) is 11.1. The lowest BCUT2D eigenvalue weighted by molar-refractivity contribution is 0.571. The molecule has 0 aliphatic carbocycles. The highest BCUT2D eigenvalue weighted by Crippen LogP contribution is 2.32. The van der Waals surface area contributed by atoms with Gasteiger partial charge in [0.05, 0.1) is 10.5 Å². The van der Waals surface area contributed by atoms with Crippen LogP contribution in [0.15, 0.2) is 22.7 Å². The molecule has 1 aromatic heterocycles. The minimum atomic E-state index is 0.00984. The van der Waals surface area contributed by atoms with Gasteiger partial charge in [-0.25, -0.2) is 0 Å². The Morgan fingerprint density at radius 1 is 1.22 bits per heavy atom. The van der Waals surface area contributed by atoms with Gasteiger partial charge in [0.25, 0.3) is 0 Å². The summed E-state index contributed by atoms with van der Waals surface area (Å²) in [5.74, 6) is 0. The topological polar surface area (TPSA) is 12.9 Å². The molecule has 2 rings (SSSR count). The molecule has 0 fully saturated rings. The Balaban J connectivity index is 2.83. The number of hydrogen-bond acceptors (Lipinski definition) is 1. The molecular formula is C15H17BrClN. The average Bonchev–Trinajstić information content (AvgIpc) is 2.27. The summed E-state index contributed by atoms with van der Waals surface area (Å²) in [6.45, 7) is 8.60. The Bertz CT molecular complexity index is 599. The summed E-state index contributed by atoms with van der Waals surface area (Å²) in [6.07, 6.45) is 0.951. The van der Waals surface area contributed by atoms with Crippen molar-refractivity contribution in [3.05, 3.63) is 39.0 Å². The van der Waals surface area contributed by atoms with Crippen molar-refractivity contribution < 1.29 is 0 Å². The summed E-state index contributed by atoms with van der Waals surface area (Å²) >= 11 is 9.94. The smallest absolute Gasteiger partial charge is 0.0753 e. The van der Waals surface area contributed by atoms with E-state index in [9.17, 15) is 0 Å².